The van der Waals surface area contributed by atoms with Crippen molar-refractivity contribution in [3.05, 3.63) is 0 Å². The fourth-order valence-electron chi connectivity index (χ4n) is 2.51. The van der Waals surface area contributed by atoms with Gasteiger partial charge >= 0.3 is 0 Å². The molecule has 2 rings (SSSR count). The van der Waals surface area contributed by atoms with E-state index >= 15 is 0 Å². The van der Waals surface area contributed by atoms with Crippen molar-refractivity contribution in [1.82, 2.24) is 4.90 Å². The molecule has 0 bridgehead atoms. The zero-order valence-corrected chi connectivity index (χ0v) is 10.2. The molecule has 3 nitrogen and oxygen atoms in total. The molecular formula is C11H20ClFN2O. The van der Waals surface area contributed by atoms with Crippen molar-refractivity contribution in [2.24, 2.45) is 11.7 Å². The third-order valence-electron chi connectivity index (χ3n) is 3.59. The van der Waals surface area contributed by atoms with Gasteiger partial charge in [0.2, 0.25) is 5.91 Å². The number of hydrogen-bond acceptors (Lipinski definition) is 2. The van der Waals surface area contributed by atoms with Crippen molar-refractivity contribution < 1.29 is 9.18 Å². The van der Waals surface area contributed by atoms with Gasteiger partial charge < -0.3 is 10.6 Å². The van der Waals surface area contributed by atoms with Crippen LogP contribution in [0.5, 0.6) is 0 Å². The van der Waals surface area contributed by atoms with E-state index in [-0.39, 0.29) is 31.4 Å². The number of alkyl halides is 1. The Kier molecular flexibility index (Phi) is 4.99. The second-order valence-electron chi connectivity index (χ2n) is 4.76. The highest BCUT2D eigenvalue weighted by Gasteiger charge is 2.36. The number of carbonyl (C=O) groups excluding carboxylic acids is 1. The Morgan fingerprint density at radius 3 is 2.31 bits per heavy atom. The molecule has 0 radical (unpaired) electrons. The molecule has 1 heterocycles. The molecule has 1 atom stereocenters. The minimum atomic E-state index is -0.826. The lowest BCUT2D eigenvalue weighted by Gasteiger charge is -2.38. The van der Waals surface area contributed by atoms with Gasteiger partial charge in [-0.25, -0.2) is 4.39 Å². The third-order valence-corrected chi connectivity index (χ3v) is 3.59. The number of amides is 1. The molecular weight excluding hydrogens is 231 g/mol. The maximum absolute atomic E-state index is 12.6. The van der Waals surface area contributed by atoms with Gasteiger partial charge in [-0.05, 0) is 18.8 Å². The Labute approximate surface area is 102 Å². The predicted molar refractivity (Wildman–Crippen MR) is 63.3 cm³/mol. The SMILES string of the molecule is Cl.N[C@H](C(=O)N1CC(F)C1)C1CCCCC1. The van der Waals surface area contributed by atoms with Crippen molar-refractivity contribution >= 4 is 18.3 Å². The molecule has 2 aliphatic rings. The van der Waals surface area contributed by atoms with E-state index in [1.807, 2.05) is 0 Å². The molecule has 1 saturated heterocycles. The van der Waals surface area contributed by atoms with Crippen LogP contribution in [0.25, 0.3) is 0 Å². The number of rotatable bonds is 2. The molecule has 0 spiro atoms. The van der Waals surface area contributed by atoms with Gasteiger partial charge in [-0.3, -0.25) is 4.79 Å². The first-order valence-electron chi connectivity index (χ1n) is 5.87. The van der Waals surface area contributed by atoms with Crippen molar-refractivity contribution in [2.45, 2.75) is 44.3 Å². The molecule has 94 valence electrons. The Bertz CT molecular complexity index is 240. The minimum absolute atomic E-state index is 0. The van der Waals surface area contributed by atoms with Crippen LogP contribution in [0.1, 0.15) is 32.1 Å². The second-order valence-corrected chi connectivity index (χ2v) is 4.76. The first-order valence-corrected chi connectivity index (χ1v) is 5.87. The van der Waals surface area contributed by atoms with Gasteiger partial charge in [-0.2, -0.15) is 0 Å². The number of likely N-dealkylation sites (tertiary alicyclic amines) is 1. The number of halogens is 2. The van der Waals surface area contributed by atoms with Crippen molar-refractivity contribution in [1.29, 1.82) is 0 Å². The van der Waals surface area contributed by atoms with Crippen LogP contribution in [0.3, 0.4) is 0 Å². The first-order chi connectivity index (χ1) is 7.18. The van der Waals surface area contributed by atoms with Gasteiger partial charge in [0.1, 0.15) is 6.17 Å². The molecule has 1 saturated carbocycles. The molecule has 1 aliphatic carbocycles. The van der Waals surface area contributed by atoms with Crippen LogP contribution in [-0.2, 0) is 4.79 Å². The van der Waals surface area contributed by atoms with Crippen LogP contribution < -0.4 is 5.73 Å². The van der Waals surface area contributed by atoms with Crippen molar-refractivity contribution in [2.75, 3.05) is 13.1 Å². The quantitative estimate of drug-likeness (QED) is 0.807. The zero-order chi connectivity index (χ0) is 10.8. The molecule has 1 amide bonds. The van der Waals surface area contributed by atoms with Gasteiger partial charge in [0.25, 0.3) is 0 Å². The molecule has 0 aromatic rings. The summed E-state index contributed by atoms with van der Waals surface area (Å²) in [4.78, 5) is 13.3. The van der Waals surface area contributed by atoms with Crippen LogP contribution >= 0.6 is 12.4 Å². The lowest BCUT2D eigenvalue weighted by molar-refractivity contribution is -0.141. The molecule has 1 aliphatic heterocycles. The van der Waals surface area contributed by atoms with E-state index < -0.39 is 12.2 Å². The van der Waals surface area contributed by atoms with Crippen LogP contribution in [0.4, 0.5) is 4.39 Å². The van der Waals surface area contributed by atoms with Gasteiger partial charge in [0.05, 0.1) is 19.1 Å². The van der Waals surface area contributed by atoms with Crippen LogP contribution in [0, 0.1) is 5.92 Å². The van der Waals surface area contributed by atoms with E-state index in [2.05, 4.69) is 0 Å². The highest BCUT2D eigenvalue weighted by Crippen LogP contribution is 2.27. The Morgan fingerprint density at radius 2 is 1.81 bits per heavy atom. The average Bonchev–Trinajstić information content (AvgIpc) is 2.24. The average molecular weight is 251 g/mol. The smallest absolute Gasteiger partial charge is 0.239 e. The largest absolute Gasteiger partial charge is 0.335 e. The summed E-state index contributed by atoms with van der Waals surface area (Å²) in [5.74, 6) is 0.278. The molecule has 16 heavy (non-hydrogen) atoms. The van der Waals surface area contributed by atoms with E-state index in [9.17, 15) is 9.18 Å². The first kappa shape index (κ1) is 13.7. The molecule has 0 aromatic heterocycles. The van der Waals surface area contributed by atoms with Crippen LogP contribution in [-0.4, -0.2) is 36.1 Å². The predicted octanol–water partition coefficient (Wildman–Crippen LogP) is 1.50. The lowest BCUT2D eigenvalue weighted by atomic mass is 9.83. The van der Waals surface area contributed by atoms with E-state index in [4.69, 9.17) is 5.73 Å². The van der Waals surface area contributed by atoms with E-state index in [0.29, 0.717) is 5.92 Å². The molecule has 5 heteroatoms. The van der Waals surface area contributed by atoms with E-state index in [1.165, 1.54) is 19.3 Å². The van der Waals surface area contributed by atoms with Gasteiger partial charge in [0.15, 0.2) is 0 Å². The van der Waals surface area contributed by atoms with E-state index in [0.717, 1.165) is 12.8 Å². The standard InChI is InChI=1S/C11H19FN2O.ClH/c12-9-6-14(7-9)11(15)10(13)8-4-2-1-3-5-8;/h8-10H,1-7,13H2;1H/t10-;/m0./s1. The number of nitrogens with zero attached hydrogens (tertiary/aromatic N) is 1. The summed E-state index contributed by atoms with van der Waals surface area (Å²) >= 11 is 0. The summed E-state index contributed by atoms with van der Waals surface area (Å²) in [5, 5.41) is 0. The maximum atomic E-state index is 12.6. The Hall–Kier alpha value is -0.350. The maximum Gasteiger partial charge on any atom is 0.239 e. The number of hydrogen-bond donors (Lipinski definition) is 1. The summed E-state index contributed by atoms with van der Waals surface area (Å²) in [7, 11) is 0. The number of carbonyl (C=O) groups is 1. The normalized spacial score (nSPS) is 24.5. The lowest BCUT2D eigenvalue weighted by Crippen LogP contribution is -2.58. The Morgan fingerprint density at radius 1 is 1.25 bits per heavy atom. The summed E-state index contributed by atoms with van der Waals surface area (Å²) in [6.07, 6.45) is 4.90. The van der Waals surface area contributed by atoms with Crippen LogP contribution in [0.15, 0.2) is 0 Å². The van der Waals surface area contributed by atoms with Crippen molar-refractivity contribution in [3.63, 3.8) is 0 Å². The highest BCUT2D eigenvalue weighted by molar-refractivity contribution is 5.85. The summed E-state index contributed by atoms with van der Waals surface area (Å²) in [6.45, 7) is 0.499. The third kappa shape index (κ3) is 2.86. The molecule has 2 N–H and O–H groups in total. The fourth-order valence-corrected chi connectivity index (χ4v) is 2.51. The van der Waals surface area contributed by atoms with Gasteiger partial charge in [-0.15, -0.1) is 12.4 Å². The van der Waals surface area contributed by atoms with Gasteiger partial charge in [0, 0.05) is 0 Å². The Balaban J connectivity index is 0.00000128. The fraction of sp³-hybridized carbons (Fsp3) is 0.909. The van der Waals surface area contributed by atoms with Crippen molar-refractivity contribution in [3.8, 4) is 0 Å². The van der Waals surface area contributed by atoms with Gasteiger partial charge in [-0.1, -0.05) is 19.3 Å². The highest BCUT2D eigenvalue weighted by atomic mass is 35.5. The molecule has 0 aromatic carbocycles. The summed E-state index contributed by atoms with van der Waals surface area (Å²) < 4.78 is 12.6. The minimum Gasteiger partial charge on any atom is -0.335 e. The van der Waals surface area contributed by atoms with Crippen LogP contribution in [0.2, 0.25) is 0 Å². The monoisotopic (exact) mass is 250 g/mol. The second kappa shape index (κ2) is 5.82. The summed E-state index contributed by atoms with van der Waals surface area (Å²) in [6, 6.07) is -0.391. The zero-order valence-electron chi connectivity index (χ0n) is 9.40. The molecule has 0 unspecified atom stereocenters. The number of nitrogens with two attached hydrogens (primary N) is 1. The molecule has 2 fully saturated rings. The van der Waals surface area contributed by atoms with E-state index in [1.54, 1.807) is 4.90 Å². The topological polar surface area (TPSA) is 46.3 Å². The summed E-state index contributed by atoms with van der Waals surface area (Å²) in [5.41, 5.74) is 5.93.